The molecule has 1 aliphatic carbocycles. The molecule has 12 heavy (non-hydrogen) atoms. The van der Waals surface area contributed by atoms with Gasteiger partial charge in [0.25, 0.3) is 0 Å². The lowest BCUT2D eigenvalue weighted by Gasteiger charge is -2.13. The number of aromatic nitrogens is 1. The third-order valence-corrected chi connectivity index (χ3v) is 2.89. The minimum Gasteiger partial charge on any atom is -0.362 e. The van der Waals surface area contributed by atoms with Crippen molar-refractivity contribution in [3.8, 4) is 0 Å². The monoisotopic (exact) mass is 164 g/mol. The Morgan fingerprint density at radius 2 is 2.08 bits per heavy atom. The number of rotatable bonds is 2. The lowest BCUT2D eigenvalue weighted by Crippen LogP contribution is -2.24. The van der Waals surface area contributed by atoms with Gasteiger partial charge in [-0.15, -0.1) is 0 Å². The van der Waals surface area contributed by atoms with Crippen LogP contribution >= 0.6 is 0 Å². The quantitative estimate of drug-likeness (QED) is 0.686. The van der Waals surface area contributed by atoms with Crippen LogP contribution in [0.4, 0.5) is 0 Å². The predicted molar refractivity (Wildman–Crippen MR) is 50.2 cm³/mol. The molecule has 2 nitrogen and oxygen atoms in total. The van der Waals surface area contributed by atoms with Crippen LogP contribution < -0.4 is 5.32 Å². The Bertz CT molecular complexity index is 295. The van der Waals surface area contributed by atoms with E-state index in [1.165, 1.54) is 29.8 Å². The van der Waals surface area contributed by atoms with Crippen LogP contribution in [0.2, 0.25) is 0 Å². The molecule has 66 valence electrons. The van der Waals surface area contributed by atoms with Crippen LogP contribution in [0.1, 0.15) is 29.8 Å². The molecule has 1 aliphatic rings. The van der Waals surface area contributed by atoms with Gasteiger partial charge in [-0.25, -0.2) is 0 Å². The van der Waals surface area contributed by atoms with Crippen LogP contribution in [0.3, 0.4) is 0 Å². The molecule has 2 N–H and O–H groups in total. The largest absolute Gasteiger partial charge is 0.362 e. The number of H-pyrrole nitrogens is 1. The molecule has 0 spiro atoms. The van der Waals surface area contributed by atoms with Gasteiger partial charge in [0.15, 0.2) is 0 Å². The predicted octanol–water partition coefficient (Wildman–Crippen LogP) is 1.84. The summed E-state index contributed by atoms with van der Waals surface area (Å²) >= 11 is 0. The topological polar surface area (TPSA) is 27.8 Å². The van der Waals surface area contributed by atoms with Crippen molar-refractivity contribution in [3.05, 3.63) is 23.0 Å². The molecule has 1 heterocycles. The first-order chi connectivity index (χ1) is 5.68. The minimum absolute atomic E-state index is 0.314. The van der Waals surface area contributed by atoms with Gasteiger partial charge in [-0.3, -0.25) is 0 Å². The Balaban J connectivity index is 2.39. The second kappa shape index (κ2) is 2.36. The van der Waals surface area contributed by atoms with E-state index in [1.807, 2.05) is 0 Å². The van der Waals surface area contributed by atoms with Crippen molar-refractivity contribution < 1.29 is 0 Å². The van der Waals surface area contributed by atoms with E-state index >= 15 is 0 Å². The third-order valence-electron chi connectivity index (χ3n) is 2.89. The average Bonchev–Trinajstić information content (AvgIpc) is 2.74. The van der Waals surface area contributed by atoms with Gasteiger partial charge in [0, 0.05) is 16.9 Å². The summed E-state index contributed by atoms with van der Waals surface area (Å²) in [5.74, 6) is 0. The summed E-state index contributed by atoms with van der Waals surface area (Å²) in [5, 5.41) is 3.40. The Hall–Kier alpha value is -0.760. The van der Waals surface area contributed by atoms with Crippen molar-refractivity contribution in [1.82, 2.24) is 10.3 Å². The third kappa shape index (κ3) is 0.985. The first-order valence-corrected chi connectivity index (χ1v) is 4.53. The normalized spacial score (nSPS) is 19.6. The van der Waals surface area contributed by atoms with E-state index in [4.69, 9.17) is 0 Å². The second-order valence-corrected chi connectivity index (χ2v) is 3.82. The average molecular weight is 164 g/mol. The molecule has 0 radical (unpaired) electrons. The molecule has 1 saturated carbocycles. The fourth-order valence-corrected chi connectivity index (χ4v) is 2.00. The maximum absolute atomic E-state index is 3.40. The van der Waals surface area contributed by atoms with Crippen molar-refractivity contribution in [1.29, 1.82) is 0 Å². The summed E-state index contributed by atoms with van der Waals surface area (Å²) in [6, 6.07) is 2.26. The zero-order valence-electron chi connectivity index (χ0n) is 7.99. The van der Waals surface area contributed by atoms with E-state index in [0.29, 0.717) is 5.54 Å². The summed E-state index contributed by atoms with van der Waals surface area (Å²) in [6.45, 7) is 4.27. The van der Waals surface area contributed by atoms with Crippen molar-refractivity contribution in [2.45, 2.75) is 32.2 Å². The van der Waals surface area contributed by atoms with Gasteiger partial charge in [-0.1, -0.05) is 0 Å². The zero-order valence-corrected chi connectivity index (χ0v) is 7.99. The fourth-order valence-electron chi connectivity index (χ4n) is 2.00. The molecule has 1 fully saturated rings. The van der Waals surface area contributed by atoms with E-state index in [9.17, 15) is 0 Å². The Morgan fingerprint density at radius 1 is 1.42 bits per heavy atom. The van der Waals surface area contributed by atoms with Crippen LogP contribution in [-0.2, 0) is 5.54 Å². The van der Waals surface area contributed by atoms with E-state index in [2.05, 4.69) is 37.3 Å². The van der Waals surface area contributed by atoms with E-state index in [-0.39, 0.29) is 0 Å². The van der Waals surface area contributed by atoms with Gasteiger partial charge in [0.2, 0.25) is 0 Å². The molecule has 0 saturated heterocycles. The molecule has 0 amide bonds. The highest BCUT2D eigenvalue weighted by atomic mass is 15.0. The maximum Gasteiger partial charge on any atom is 0.0451 e. The number of aryl methyl sites for hydroxylation is 2. The molecule has 0 unspecified atom stereocenters. The molecule has 1 aromatic rings. The number of hydrogen-bond acceptors (Lipinski definition) is 1. The Kier molecular flexibility index (Phi) is 1.55. The Morgan fingerprint density at radius 3 is 2.42 bits per heavy atom. The van der Waals surface area contributed by atoms with Crippen LogP contribution in [0.25, 0.3) is 0 Å². The van der Waals surface area contributed by atoms with Crippen LogP contribution in [0.5, 0.6) is 0 Å². The fraction of sp³-hybridized carbons (Fsp3) is 0.600. The van der Waals surface area contributed by atoms with Crippen molar-refractivity contribution in [2.75, 3.05) is 7.05 Å². The van der Waals surface area contributed by atoms with E-state index < -0.39 is 0 Å². The van der Waals surface area contributed by atoms with Crippen molar-refractivity contribution in [2.24, 2.45) is 0 Å². The summed E-state index contributed by atoms with van der Waals surface area (Å²) in [5.41, 5.74) is 4.36. The van der Waals surface area contributed by atoms with E-state index in [1.54, 1.807) is 0 Å². The van der Waals surface area contributed by atoms with Gasteiger partial charge in [0.1, 0.15) is 0 Å². The molecule has 0 atom stereocenters. The van der Waals surface area contributed by atoms with Gasteiger partial charge in [-0.2, -0.15) is 0 Å². The zero-order chi connectivity index (χ0) is 8.77. The summed E-state index contributed by atoms with van der Waals surface area (Å²) in [6.07, 6.45) is 2.56. The molecule has 2 heteroatoms. The maximum atomic E-state index is 3.40. The molecule has 0 bridgehead atoms. The molecule has 2 rings (SSSR count). The number of aromatic amines is 1. The second-order valence-electron chi connectivity index (χ2n) is 3.82. The van der Waals surface area contributed by atoms with Crippen LogP contribution in [0.15, 0.2) is 6.07 Å². The number of hydrogen-bond donors (Lipinski definition) is 2. The molecule has 0 aromatic carbocycles. The van der Waals surface area contributed by atoms with Crippen molar-refractivity contribution in [3.63, 3.8) is 0 Å². The Labute approximate surface area is 73.4 Å². The van der Waals surface area contributed by atoms with Crippen molar-refractivity contribution >= 4 is 0 Å². The van der Waals surface area contributed by atoms with Gasteiger partial charge >= 0.3 is 0 Å². The summed E-state index contributed by atoms with van der Waals surface area (Å²) in [4.78, 5) is 3.35. The summed E-state index contributed by atoms with van der Waals surface area (Å²) < 4.78 is 0. The highest BCUT2D eigenvalue weighted by Gasteiger charge is 2.44. The smallest absolute Gasteiger partial charge is 0.0451 e. The lowest BCUT2D eigenvalue weighted by atomic mass is 10.1. The SMILES string of the molecule is CNC1(c2cc(C)[nH]c2C)CC1. The van der Waals surface area contributed by atoms with Crippen LogP contribution in [-0.4, -0.2) is 12.0 Å². The summed E-state index contributed by atoms with van der Waals surface area (Å²) in [7, 11) is 2.05. The first-order valence-electron chi connectivity index (χ1n) is 4.53. The molecule has 0 aliphatic heterocycles. The highest BCUT2D eigenvalue weighted by molar-refractivity contribution is 5.36. The van der Waals surface area contributed by atoms with Gasteiger partial charge < -0.3 is 10.3 Å². The standard InChI is InChI=1S/C10H16N2/c1-7-6-9(8(2)12-7)10(11-3)4-5-10/h6,11-12H,4-5H2,1-3H3. The molecule has 1 aromatic heterocycles. The number of nitrogens with one attached hydrogen (secondary N) is 2. The highest BCUT2D eigenvalue weighted by Crippen LogP contribution is 2.46. The lowest BCUT2D eigenvalue weighted by molar-refractivity contribution is 0.582. The van der Waals surface area contributed by atoms with Crippen LogP contribution in [0, 0.1) is 13.8 Å². The van der Waals surface area contributed by atoms with Gasteiger partial charge in [-0.05, 0) is 45.4 Å². The van der Waals surface area contributed by atoms with Gasteiger partial charge in [0.05, 0.1) is 0 Å². The molecular weight excluding hydrogens is 148 g/mol. The minimum atomic E-state index is 0.314. The first kappa shape index (κ1) is 7.87. The molecular formula is C10H16N2. The van der Waals surface area contributed by atoms with E-state index in [0.717, 1.165) is 0 Å².